The molecule has 0 aliphatic carbocycles. The Hall–Kier alpha value is -2.58. The molecule has 3 aromatic carbocycles. The molecule has 0 aromatic heterocycles. The predicted octanol–water partition coefficient (Wildman–Crippen LogP) is 5.30. The van der Waals surface area contributed by atoms with Crippen LogP contribution in [0, 0.1) is 0 Å². The normalized spacial score (nSPS) is 10.5. The van der Waals surface area contributed by atoms with Crippen molar-refractivity contribution in [3.05, 3.63) is 83.4 Å². The third-order valence-electron chi connectivity index (χ3n) is 3.74. The van der Waals surface area contributed by atoms with Gasteiger partial charge in [0.2, 0.25) is 0 Å². The SMILES string of the molecule is O=C(O)Cc1c(-c2ccccc2)ccc(Cl)c1-c1ccccc1. The number of halogens is 1. The van der Waals surface area contributed by atoms with Crippen LogP contribution in [0.4, 0.5) is 0 Å². The molecule has 3 aromatic rings. The first-order valence-electron chi connectivity index (χ1n) is 7.31. The summed E-state index contributed by atoms with van der Waals surface area (Å²) in [6.07, 6.45) is -0.0744. The average Bonchev–Trinajstić information content (AvgIpc) is 2.56. The number of hydrogen-bond donors (Lipinski definition) is 1. The summed E-state index contributed by atoms with van der Waals surface area (Å²) in [4.78, 5) is 11.4. The van der Waals surface area contributed by atoms with E-state index in [1.54, 1.807) is 0 Å². The predicted molar refractivity (Wildman–Crippen MR) is 93.7 cm³/mol. The molecule has 0 saturated heterocycles. The molecule has 0 atom stereocenters. The fourth-order valence-electron chi connectivity index (χ4n) is 2.76. The molecule has 114 valence electrons. The number of carboxylic acids is 1. The molecule has 3 heteroatoms. The molecule has 0 spiro atoms. The van der Waals surface area contributed by atoms with Crippen LogP contribution in [0.3, 0.4) is 0 Å². The zero-order valence-corrected chi connectivity index (χ0v) is 13.1. The van der Waals surface area contributed by atoms with Gasteiger partial charge in [0.25, 0.3) is 0 Å². The van der Waals surface area contributed by atoms with E-state index in [4.69, 9.17) is 11.6 Å². The van der Waals surface area contributed by atoms with Gasteiger partial charge in [-0.1, -0.05) is 78.3 Å². The Bertz CT molecular complexity index is 827. The Kier molecular flexibility index (Phi) is 4.45. The van der Waals surface area contributed by atoms with Crippen molar-refractivity contribution in [2.75, 3.05) is 0 Å². The lowest BCUT2D eigenvalue weighted by Crippen LogP contribution is -2.04. The largest absolute Gasteiger partial charge is 0.481 e. The number of rotatable bonds is 4. The van der Waals surface area contributed by atoms with Gasteiger partial charge in [0, 0.05) is 10.6 Å². The van der Waals surface area contributed by atoms with Crippen molar-refractivity contribution in [3.63, 3.8) is 0 Å². The third-order valence-corrected chi connectivity index (χ3v) is 4.05. The van der Waals surface area contributed by atoms with Crippen molar-refractivity contribution in [1.82, 2.24) is 0 Å². The summed E-state index contributed by atoms with van der Waals surface area (Å²) in [7, 11) is 0. The van der Waals surface area contributed by atoms with Crippen molar-refractivity contribution in [2.45, 2.75) is 6.42 Å². The lowest BCUT2D eigenvalue weighted by atomic mass is 9.90. The van der Waals surface area contributed by atoms with Gasteiger partial charge in [0.1, 0.15) is 0 Å². The minimum atomic E-state index is -0.873. The highest BCUT2D eigenvalue weighted by Gasteiger charge is 2.17. The summed E-state index contributed by atoms with van der Waals surface area (Å²) in [6, 6.07) is 23.2. The standard InChI is InChI=1S/C20H15ClO2/c21-18-12-11-16(14-7-3-1-4-8-14)17(13-19(22)23)20(18)15-9-5-2-6-10-15/h1-12H,13H2,(H,22,23). The van der Waals surface area contributed by atoms with E-state index in [9.17, 15) is 9.90 Å². The van der Waals surface area contributed by atoms with Gasteiger partial charge < -0.3 is 5.11 Å². The third kappa shape index (κ3) is 3.27. The van der Waals surface area contributed by atoms with Crippen LogP contribution in [0.2, 0.25) is 5.02 Å². The summed E-state index contributed by atoms with van der Waals surface area (Å²) in [5, 5.41) is 9.92. The maximum Gasteiger partial charge on any atom is 0.307 e. The first-order chi connectivity index (χ1) is 11.2. The number of aliphatic carboxylic acids is 1. The minimum absolute atomic E-state index is 0.0744. The van der Waals surface area contributed by atoms with Gasteiger partial charge in [0.05, 0.1) is 6.42 Å². The summed E-state index contributed by atoms with van der Waals surface area (Å²) < 4.78 is 0. The number of hydrogen-bond acceptors (Lipinski definition) is 1. The maximum absolute atomic E-state index is 11.4. The monoisotopic (exact) mass is 322 g/mol. The second-order valence-corrected chi connectivity index (χ2v) is 5.66. The second kappa shape index (κ2) is 6.67. The maximum atomic E-state index is 11.4. The number of benzene rings is 3. The van der Waals surface area contributed by atoms with Crippen LogP contribution in [-0.2, 0) is 11.2 Å². The molecule has 0 saturated carbocycles. The molecule has 0 bridgehead atoms. The summed E-state index contributed by atoms with van der Waals surface area (Å²) in [6.45, 7) is 0. The van der Waals surface area contributed by atoms with Crippen LogP contribution in [0.25, 0.3) is 22.3 Å². The van der Waals surface area contributed by atoms with Crippen LogP contribution in [0.1, 0.15) is 5.56 Å². The van der Waals surface area contributed by atoms with Gasteiger partial charge in [-0.15, -0.1) is 0 Å². The zero-order valence-electron chi connectivity index (χ0n) is 12.4. The van der Waals surface area contributed by atoms with Crippen molar-refractivity contribution < 1.29 is 9.90 Å². The first-order valence-corrected chi connectivity index (χ1v) is 7.68. The highest BCUT2D eigenvalue weighted by atomic mass is 35.5. The van der Waals surface area contributed by atoms with Crippen molar-refractivity contribution in [3.8, 4) is 22.3 Å². The molecule has 0 fully saturated rings. The summed E-state index contributed by atoms with van der Waals surface area (Å²) >= 11 is 6.41. The van der Waals surface area contributed by atoms with Gasteiger partial charge >= 0.3 is 5.97 Å². The summed E-state index contributed by atoms with van der Waals surface area (Å²) in [5.74, 6) is -0.873. The van der Waals surface area contributed by atoms with Gasteiger partial charge in [0.15, 0.2) is 0 Å². The zero-order chi connectivity index (χ0) is 16.2. The van der Waals surface area contributed by atoms with Crippen LogP contribution in [0.15, 0.2) is 72.8 Å². The van der Waals surface area contributed by atoms with E-state index < -0.39 is 5.97 Å². The molecule has 1 N–H and O–H groups in total. The molecule has 0 aliphatic heterocycles. The van der Waals surface area contributed by atoms with Crippen LogP contribution in [-0.4, -0.2) is 11.1 Å². The van der Waals surface area contributed by atoms with Gasteiger partial charge in [-0.05, 0) is 28.3 Å². The lowest BCUT2D eigenvalue weighted by Gasteiger charge is -2.16. The molecular weight excluding hydrogens is 308 g/mol. The van der Waals surface area contributed by atoms with Crippen molar-refractivity contribution in [1.29, 1.82) is 0 Å². The lowest BCUT2D eigenvalue weighted by molar-refractivity contribution is -0.136. The van der Waals surface area contributed by atoms with E-state index in [-0.39, 0.29) is 6.42 Å². The average molecular weight is 323 g/mol. The Morgan fingerprint density at radius 2 is 1.39 bits per heavy atom. The Balaban J connectivity index is 2.28. The van der Waals surface area contributed by atoms with Crippen molar-refractivity contribution >= 4 is 17.6 Å². The van der Waals surface area contributed by atoms with E-state index in [0.29, 0.717) is 5.02 Å². The molecular formula is C20H15ClO2. The highest BCUT2D eigenvalue weighted by Crippen LogP contribution is 2.38. The molecule has 0 aliphatic rings. The quantitative estimate of drug-likeness (QED) is 0.707. The number of carbonyl (C=O) groups is 1. The van der Waals surface area contributed by atoms with E-state index in [1.165, 1.54) is 0 Å². The van der Waals surface area contributed by atoms with Crippen LogP contribution < -0.4 is 0 Å². The minimum Gasteiger partial charge on any atom is -0.481 e. The van der Waals surface area contributed by atoms with Crippen LogP contribution in [0.5, 0.6) is 0 Å². The number of carboxylic acid groups (broad SMARTS) is 1. The molecule has 0 amide bonds. The topological polar surface area (TPSA) is 37.3 Å². The van der Waals surface area contributed by atoms with E-state index in [2.05, 4.69) is 0 Å². The molecule has 3 rings (SSSR count). The second-order valence-electron chi connectivity index (χ2n) is 5.25. The smallest absolute Gasteiger partial charge is 0.307 e. The fraction of sp³-hybridized carbons (Fsp3) is 0.0500. The van der Waals surface area contributed by atoms with Gasteiger partial charge in [-0.3, -0.25) is 4.79 Å². The molecule has 0 heterocycles. The fourth-order valence-corrected chi connectivity index (χ4v) is 3.05. The van der Waals surface area contributed by atoms with Gasteiger partial charge in [-0.2, -0.15) is 0 Å². The molecule has 0 radical (unpaired) electrons. The molecule has 0 unspecified atom stereocenters. The van der Waals surface area contributed by atoms with Crippen LogP contribution >= 0.6 is 11.6 Å². The van der Waals surface area contributed by atoms with Gasteiger partial charge in [-0.25, -0.2) is 0 Å². The Labute approximate surface area is 140 Å². The molecule has 2 nitrogen and oxygen atoms in total. The Morgan fingerprint density at radius 3 is 1.96 bits per heavy atom. The first kappa shape index (κ1) is 15.3. The molecule has 23 heavy (non-hydrogen) atoms. The van der Waals surface area contributed by atoms with E-state index >= 15 is 0 Å². The van der Waals surface area contributed by atoms with E-state index in [1.807, 2.05) is 72.8 Å². The summed E-state index contributed by atoms with van der Waals surface area (Å²) in [5.41, 5.74) is 4.33. The van der Waals surface area contributed by atoms with E-state index in [0.717, 1.165) is 27.8 Å². The van der Waals surface area contributed by atoms with Crippen molar-refractivity contribution in [2.24, 2.45) is 0 Å². The Morgan fingerprint density at radius 1 is 0.826 bits per heavy atom. The highest BCUT2D eigenvalue weighted by molar-refractivity contribution is 6.33.